The lowest BCUT2D eigenvalue weighted by molar-refractivity contribution is -0.124. The molecule has 0 bridgehead atoms. The lowest BCUT2D eigenvalue weighted by Crippen LogP contribution is -2.47. The normalized spacial score (nSPS) is 27.4. The number of carbonyl (C=O) groups is 1. The quantitative estimate of drug-likeness (QED) is 0.771. The van der Waals surface area contributed by atoms with Crippen LogP contribution >= 0.6 is 0 Å². The zero-order chi connectivity index (χ0) is 12.3. The summed E-state index contributed by atoms with van der Waals surface area (Å²) in [6, 6.07) is -0.0219. The Bertz CT molecular complexity index is 250. The van der Waals surface area contributed by atoms with Gasteiger partial charge in [-0.15, -0.1) is 0 Å². The van der Waals surface area contributed by atoms with E-state index in [0.29, 0.717) is 11.5 Å². The number of nitrogens with one attached hydrogen (secondary N) is 1. The Morgan fingerprint density at radius 3 is 2.62 bits per heavy atom. The van der Waals surface area contributed by atoms with Gasteiger partial charge in [0.15, 0.2) is 0 Å². The zero-order valence-electron chi connectivity index (χ0n) is 11.0. The summed E-state index contributed by atoms with van der Waals surface area (Å²) in [5, 5.41) is 3.09. The minimum absolute atomic E-state index is 0.0250. The first-order chi connectivity index (χ1) is 7.35. The molecule has 1 saturated carbocycles. The molecule has 0 aromatic carbocycles. The average Bonchev–Trinajstić information content (AvgIpc) is 2.55. The van der Waals surface area contributed by atoms with Gasteiger partial charge < -0.3 is 11.1 Å². The first kappa shape index (κ1) is 13.5. The standard InChI is InChI=1S/C13H26N2O/c1-5-9(2)11(14)12(16)15-10-6-7-13(3,4)8-10/h9-11H,5-8,14H2,1-4H3,(H,15,16)/t9-,10?,11-/m0/s1. The summed E-state index contributed by atoms with van der Waals surface area (Å²) in [5.41, 5.74) is 6.28. The van der Waals surface area contributed by atoms with Gasteiger partial charge in [0.1, 0.15) is 0 Å². The molecule has 0 spiro atoms. The molecule has 3 nitrogen and oxygen atoms in total. The van der Waals surface area contributed by atoms with Crippen molar-refractivity contribution in [2.45, 2.75) is 65.5 Å². The van der Waals surface area contributed by atoms with Crippen molar-refractivity contribution in [3.8, 4) is 0 Å². The van der Waals surface area contributed by atoms with Crippen molar-refractivity contribution in [1.82, 2.24) is 5.32 Å². The Morgan fingerprint density at radius 1 is 1.56 bits per heavy atom. The van der Waals surface area contributed by atoms with E-state index in [2.05, 4.69) is 26.1 Å². The molecular weight excluding hydrogens is 200 g/mol. The lowest BCUT2D eigenvalue weighted by atomic mass is 9.91. The number of rotatable bonds is 4. The van der Waals surface area contributed by atoms with Crippen molar-refractivity contribution in [3.05, 3.63) is 0 Å². The van der Waals surface area contributed by atoms with Crippen LogP contribution < -0.4 is 11.1 Å². The van der Waals surface area contributed by atoms with Crippen LogP contribution in [-0.4, -0.2) is 18.0 Å². The smallest absolute Gasteiger partial charge is 0.237 e. The van der Waals surface area contributed by atoms with Crippen molar-refractivity contribution < 1.29 is 4.79 Å². The van der Waals surface area contributed by atoms with Gasteiger partial charge in [-0.2, -0.15) is 0 Å². The Hall–Kier alpha value is -0.570. The molecule has 3 atom stereocenters. The molecular formula is C13H26N2O. The molecule has 3 heteroatoms. The van der Waals surface area contributed by atoms with Gasteiger partial charge in [0.25, 0.3) is 0 Å². The average molecular weight is 226 g/mol. The minimum atomic E-state index is -0.353. The molecule has 1 fully saturated rings. The molecule has 1 amide bonds. The number of hydrogen-bond acceptors (Lipinski definition) is 2. The summed E-state index contributed by atoms with van der Waals surface area (Å²) in [6.07, 6.45) is 4.30. The summed E-state index contributed by atoms with van der Waals surface area (Å²) in [4.78, 5) is 11.9. The van der Waals surface area contributed by atoms with Crippen LogP contribution in [0.25, 0.3) is 0 Å². The molecule has 1 aliphatic rings. The van der Waals surface area contributed by atoms with Crippen molar-refractivity contribution in [1.29, 1.82) is 0 Å². The topological polar surface area (TPSA) is 55.1 Å². The third-order valence-electron chi connectivity index (χ3n) is 3.87. The van der Waals surface area contributed by atoms with E-state index in [0.717, 1.165) is 19.3 Å². The highest BCUT2D eigenvalue weighted by atomic mass is 16.2. The molecule has 1 aliphatic carbocycles. The molecule has 16 heavy (non-hydrogen) atoms. The van der Waals surface area contributed by atoms with Gasteiger partial charge in [-0.05, 0) is 30.6 Å². The van der Waals surface area contributed by atoms with Crippen LogP contribution in [0.1, 0.15) is 53.4 Å². The minimum Gasteiger partial charge on any atom is -0.352 e. The van der Waals surface area contributed by atoms with E-state index < -0.39 is 0 Å². The molecule has 94 valence electrons. The Labute approximate surface area is 99.2 Å². The number of amides is 1. The van der Waals surface area contributed by atoms with E-state index in [1.54, 1.807) is 0 Å². The summed E-state index contributed by atoms with van der Waals surface area (Å²) in [6.45, 7) is 8.61. The molecule has 0 aromatic heterocycles. The Balaban J connectivity index is 2.41. The summed E-state index contributed by atoms with van der Waals surface area (Å²) in [7, 11) is 0. The van der Waals surface area contributed by atoms with Crippen LogP contribution in [-0.2, 0) is 4.79 Å². The third kappa shape index (κ3) is 3.48. The lowest BCUT2D eigenvalue weighted by Gasteiger charge is -2.22. The Kier molecular flexibility index (Phi) is 4.36. The van der Waals surface area contributed by atoms with Crippen LogP contribution in [0.3, 0.4) is 0 Å². The van der Waals surface area contributed by atoms with Crippen molar-refractivity contribution in [2.24, 2.45) is 17.1 Å². The highest BCUT2D eigenvalue weighted by Gasteiger charge is 2.32. The SMILES string of the molecule is CC[C@H](C)[C@H](N)C(=O)NC1CCC(C)(C)C1. The van der Waals surface area contributed by atoms with Gasteiger partial charge in [-0.3, -0.25) is 4.79 Å². The molecule has 0 aromatic rings. The maximum absolute atomic E-state index is 11.9. The Morgan fingerprint density at radius 2 is 2.19 bits per heavy atom. The zero-order valence-corrected chi connectivity index (χ0v) is 11.0. The van der Waals surface area contributed by atoms with Crippen molar-refractivity contribution in [3.63, 3.8) is 0 Å². The van der Waals surface area contributed by atoms with Gasteiger partial charge >= 0.3 is 0 Å². The van der Waals surface area contributed by atoms with E-state index in [1.165, 1.54) is 6.42 Å². The second-order valence-corrected chi connectivity index (χ2v) is 6.02. The molecule has 3 N–H and O–H groups in total. The summed E-state index contributed by atoms with van der Waals surface area (Å²) in [5.74, 6) is 0.284. The molecule has 1 rings (SSSR count). The van der Waals surface area contributed by atoms with Crippen LogP contribution in [0.4, 0.5) is 0 Å². The van der Waals surface area contributed by atoms with E-state index in [9.17, 15) is 4.79 Å². The van der Waals surface area contributed by atoms with E-state index in [4.69, 9.17) is 5.73 Å². The molecule has 0 aliphatic heterocycles. The van der Waals surface area contributed by atoms with E-state index >= 15 is 0 Å². The van der Waals surface area contributed by atoms with Crippen LogP contribution in [0.5, 0.6) is 0 Å². The van der Waals surface area contributed by atoms with E-state index in [1.807, 2.05) is 6.92 Å². The first-order valence-electron chi connectivity index (χ1n) is 6.41. The number of nitrogens with two attached hydrogens (primary N) is 1. The number of hydrogen-bond donors (Lipinski definition) is 2. The third-order valence-corrected chi connectivity index (χ3v) is 3.87. The maximum atomic E-state index is 11.9. The highest BCUT2D eigenvalue weighted by molar-refractivity contribution is 5.82. The first-order valence-corrected chi connectivity index (χ1v) is 6.41. The number of carbonyl (C=O) groups excluding carboxylic acids is 1. The van der Waals surface area contributed by atoms with Crippen LogP contribution in [0.15, 0.2) is 0 Å². The fourth-order valence-corrected chi connectivity index (χ4v) is 2.37. The fourth-order valence-electron chi connectivity index (χ4n) is 2.37. The fraction of sp³-hybridized carbons (Fsp3) is 0.923. The van der Waals surface area contributed by atoms with E-state index in [-0.39, 0.29) is 17.9 Å². The van der Waals surface area contributed by atoms with Gasteiger partial charge in [-0.1, -0.05) is 34.1 Å². The molecule has 0 radical (unpaired) electrons. The highest BCUT2D eigenvalue weighted by Crippen LogP contribution is 2.36. The van der Waals surface area contributed by atoms with Gasteiger partial charge in [0.2, 0.25) is 5.91 Å². The predicted octanol–water partition coefficient (Wildman–Crippen LogP) is 2.05. The van der Waals surface area contributed by atoms with Gasteiger partial charge in [-0.25, -0.2) is 0 Å². The second-order valence-electron chi connectivity index (χ2n) is 6.02. The van der Waals surface area contributed by atoms with Crippen LogP contribution in [0, 0.1) is 11.3 Å². The maximum Gasteiger partial charge on any atom is 0.237 e. The summed E-state index contributed by atoms with van der Waals surface area (Å²) >= 11 is 0. The van der Waals surface area contributed by atoms with Crippen molar-refractivity contribution >= 4 is 5.91 Å². The van der Waals surface area contributed by atoms with Gasteiger partial charge in [0, 0.05) is 6.04 Å². The monoisotopic (exact) mass is 226 g/mol. The largest absolute Gasteiger partial charge is 0.352 e. The molecule has 0 saturated heterocycles. The predicted molar refractivity (Wildman–Crippen MR) is 67.0 cm³/mol. The van der Waals surface area contributed by atoms with Gasteiger partial charge in [0.05, 0.1) is 6.04 Å². The summed E-state index contributed by atoms with van der Waals surface area (Å²) < 4.78 is 0. The molecule has 0 heterocycles. The van der Waals surface area contributed by atoms with Crippen molar-refractivity contribution in [2.75, 3.05) is 0 Å². The molecule has 1 unspecified atom stereocenters. The second kappa shape index (κ2) is 5.17. The van der Waals surface area contributed by atoms with Crippen LogP contribution in [0.2, 0.25) is 0 Å².